The average Bonchev–Trinajstić information content (AvgIpc) is 2.49. The quantitative estimate of drug-likeness (QED) is 0.454. The number of rotatable bonds is 10. The van der Waals surface area contributed by atoms with Crippen LogP contribution in [0.2, 0.25) is 0 Å². The minimum absolute atomic E-state index is 0.0626. The average molecular weight is 342 g/mol. The third kappa shape index (κ3) is 5.90. The summed E-state index contributed by atoms with van der Waals surface area (Å²) in [5.41, 5.74) is 0.475. The van der Waals surface area contributed by atoms with Crippen molar-refractivity contribution < 1.29 is 19.7 Å². The number of benzene rings is 1. The summed E-state index contributed by atoms with van der Waals surface area (Å²) < 4.78 is 0. The summed E-state index contributed by atoms with van der Waals surface area (Å²) in [5, 5.41) is 42.8. The van der Waals surface area contributed by atoms with Gasteiger partial charge >= 0.3 is 0 Å². The molecule has 0 radical (unpaired) electrons. The molecule has 0 saturated heterocycles. The monoisotopic (exact) mass is 342 g/mol. The SMILES string of the molecule is O=[N+]([O-])CC(CC(CCc1ccc([N+](=O)[O-])cc1)[N+](=O)[O-])[N+](=O)[O-]. The van der Waals surface area contributed by atoms with Crippen LogP contribution in [-0.2, 0) is 6.42 Å². The molecule has 2 atom stereocenters. The smallest absolute Gasteiger partial charge is 0.264 e. The van der Waals surface area contributed by atoms with Crippen molar-refractivity contribution >= 4 is 5.69 Å². The Labute approximate surface area is 134 Å². The van der Waals surface area contributed by atoms with Gasteiger partial charge in [0.25, 0.3) is 18.3 Å². The minimum Gasteiger partial charge on any atom is -0.264 e. The zero-order chi connectivity index (χ0) is 18.3. The summed E-state index contributed by atoms with van der Waals surface area (Å²) in [6.07, 6.45) is -0.437. The van der Waals surface area contributed by atoms with E-state index in [0.29, 0.717) is 5.56 Å². The van der Waals surface area contributed by atoms with Crippen molar-refractivity contribution in [2.24, 2.45) is 0 Å². The van der Waals surface area contributed by atoms with Crippen molar-refractivity contribution in [2.45, 2.75) is 31.3 Å². The third-order valence-corrected chi connectivity index (χ3v) is 3.41. The highest BCUT2D eigenvalue weighted by Gasteiger charge is 2.35. The molecule has 0 fully saturated rings. The number of nitro benzene ring substituents is 1. The van der Waals surface area contributed by atoms with Gasteiger partial charge in [0, 0.05) is 33.3 Å². The van der Waals surface area contributed by atoms with Crippen molar-refractivity contribution in [1.82, 2.24) is 0 Å². The van der Waals surface area contributed by atoms with Gasteiger partial charge in [0.2, 0.25) is 6.04 Å². The molecule has 0 spiro atoms. The lowest BCUT2D eigenvalue weighted by molar-refractivity contribution is -0.602. The maximum atomic E-state index is 11.0. The van der Waals surface area contributed by atoms with E-state index >= 15 is 0 Å². The number of nitro groups is 4. The highest BCUT2D eigenvalue weighted by molar-refractivity contribution is 5.32. The molecule has 2 unspecified atom stereocenters. The molecule has 0 aliphatic heterocycles. The van der Waals surface area contributed by atoms with Crippen LogP contribution in [0.3, 0.4) is 0 Å². The lowest BCUT2D eigenvalue weighted by Crippen LogP contribution is -2.35. The first kappa shape index (κ1) is 18.9. The fourth-order valence-electron chi connectivity index (χ4n) is 2.14. The predicted octanol–water partition coefficient (Wildman–Crippen LogP) is 1.48. The van der Waals surface area contributed by atoms with E-state index in [2.05, 4.69) is 0 Å². The molecule has 0 heterocycles. The van der Waals surface area contributed by atoms with Gasteiger partial charge in [-0.25, -0.2) is 0 Å². The highest BCUT2D eigenvalue weighted by Crippen LogP contribution is 2.16. The largest absolute Gasteiger partial charge is 0.282 e. The van der Waals surface area contributed by atoms with E-state index < -0.39 is 44.7 Å². The second-order valence-electron chi connectivity index (χ2n) is 5.09. The van der Waals surface area contributed by atoms with E-state index in [1.807, 2.05) is 0 Å². The van der Waals surface area contributed by atoms with Gasteiger partial charge in [0.05, 0.1) is 11.3 Å². The third-order valence-electron chi connectivity index (χ3n) is 3.41. The van der Waals surface area contributed by atoms with Gasteiger partial charge < -0.3 is 0 Å². The van der Waals surface area contributed by atoms with Crippen molar-refractivity contribution in [3.8, 4) is 0 Å². The second kappa shape index (κ2) is 8.45. The normalized spacial score (nSPS) is 13.0. The summed E-state index contributed by atoms with van der Waals surface area (Å²) >= 11 is 0. The Balaban J connectivity index is 2.71. The van der Waals surface area contributed by atoms with Crippen LogP contribution in [0.1, 0.15) is 18.4 Å². The van der Waals surface area contributed by atoms with Crippen LogP contribution in [0.25, 0.3) is 0 Å². The summed E-state index contributed by atoms with van der Waals surface area (Å²) in [6.45, 7) is -0.977. The summed E-state index contributed by atoms with van der Waals surface area (Å²) in [5.74, 6) is 0. The number of non-ortho nitro benzene ring substituents is 1. The fraction of sp³-hybridized carbons (Fsp3) is 0.500. The van der Waals surface area contributed by atoms with Crippen LogP contribution in [0.15, 0.2) is 24.3 Å². The fourth-order valence-corrected chi connectivity index (χ4v) is 2.14. The van der Waals surface area contributed by atoms with E-state index in [1.165, 1.54) is 24.3 Å². The lowest BCUT2D eigenvalue weighted by atomic mass is 10.00. The molecule has 12 heteroatoms. The van der Waals surface area contributed by atoms with Gasteiger partial charge in [0.1, 0.15) is 0 Å². The van der Waals surface area contributed by atoms with Crippen LogP contribution >= 0.6 is 0 Å². The van der Waals surface area contributed by atoms with Crippen molar-refractivity contribution in [3.05, 3.63) is 70.3 Å². The van der Waals surface area contributed by atoms with Crippen LogP contribution in [0, 0.1) is 40.5 Å². The van der Waals surface area contributed by atoms with Crippen LogP contribution in [0.5, 0.6) is 0 Å². The summed E-state index contributed by atoms with van der Waals surface area (Å²) in [6, 6.07) is 2.45. The molecule has 12 nitrogen and oxygen atoms in total. The summed E-state index contributed by atoms with van der Waals surface area (Å²) in [7, 11) is 0. The van der Waals surface area contributed by atoms with Crippen LogP contribution < -0.4 is 0 Å². The topological polar surface area (TPSA) is 173 Å². The van der Waals surface area contributed by atoms with Crippen molar-refractivity contribution in [1.29, 1.82) is 0 Å². The Morgan fingerprint density at radius 3 is 1.79 bits per heavy atom. The minimum atomic E-state index is -1.63. The second-order valence-corrected chi connectivity index (χ2v) is 5.09. The molecule has 1 rings (SSSR count). The van der Waals surface area contributed by atoms with Gasteiger partial charge in [-0.15, -0.1) is 0 Å². The molecular weight excluding hydrogens is 328 g/mol. The molecule has 0 aliphatic rings. The Kier molecular flexibility index (Phi) is 6.64. The maximum Gasteiger partial charge on any atom is 0.282 e. The van der Waals surface area contributed by atoms with E-state index in [4.69, 9.17) is 0 Å². The maximum absolute atomic E-state index is 11.0. The lowest BCUT2D eigenvalue weighted by Gasteiger charge is -2.11. The van der Waals surface area contributed by atoms with Crippen LogP contribution in [-0.4, -0.2) is 38.3 Å². The zero-order valence-electron chi connectivity index (χ0n) is 12.3. The number of hydrogen-bond donors (Lipinski definition) is 0. The Hall–Kier alpha value is -3.18. The van der Waals surface area contributed by atoms with Crippen LogP contribution in [0.4, 0.5) is 5.69 Å². The number of aryl methyl sites for hydroxylation is 1. The van der Waals surface area contributed by atoms with E-state index in [9.17, 15) is 40.5 Å². The number of hydrogen-bond acceptors (Lipinski definition) is 8. The van der Waals surface area contributed by atoms with Gasteiger partial charge in [-0.05, 0) is 12.0 Å². The molecule has 0 N–H and O–H groups in total. The molecule has 0 aromatic heterocycles. The van der Waals surface area contributed by atoms with E-state index in [0.717, 1.165) is 0 Å². The zero-order valence-corrected chi connectivity index (χ0v) is 12.3. The predicted molar refractivity (Wildman–Crippen MR) is 79.5 cm³/mol. The van der Waals surface area contributed by atoms with Gasteiger partial charge in [0.15, 0.2) is 0 Å². The Morgan fingerprint density at radius 2 is 1.38 bits per heavy atom. The molecule has 0 bridgehead atoms. The van der Waals surface area contributed by atoms with E-state index in [-0.39, 0.29) is 18.5 Å². The summed E-state index contributed by atoms with van der Waals surface area (Å²) in [4.78, 5) is 39.7. The van der Waals surface area contributed by atoms with Crippen molar-refractivity contribution in [3.63, 3.8) is 0 Å². The molecule has 24 heavy (non-hydrogen) atoms. The highest BCUT2D eigenvalue weighted by atomic mass is 16.6. The molecule has 130 valence electrons. The molecule has 0 saturated carbocycles. The van der Waals surface area contributed by atoms with Crippen molar-refractivity contribution in [2.75, 3.05) is 6.54 Å². The Morgan fingerprint density at radius 1 is 0.833 bits per heavy atom. The first-order chi connectivity index (χ1) is 11.2. The van der Waals surface area contributed by atoms with E-state index in [1.54, 1.807) is 0 Å². The van der Waals surface area contributed by atoms with Gasteiger partial charge in [-0.3, -0.25) is 40.5 Å². The Bertz CT molecular complexity index is 632. The molecule has 0 aliphatic carbocycles. The van der Waals surface area contributed by atoms with Gasteiger partial charge in [-0.1, -0.05) is 12.1 Å². The molecule has 1 aromatic carbocycles. The van der Waals surface area contributed by atoms with Gasteiger partial charge in [-0.2, -0.15) is 0 Å². The molecule has 1 aromatic rings. The first-order valence-corrected chi connectivity index (χ1v) is 6.82. The standard InChI is InChI=1S/C12H14N4O8/c17-13(18)8-12(16(23)24)7-11(15(21)22)6-3-9-1-4-10(5-2-9)14(19)20/h1-2,4-5,11-12H,3,6-8H2. The number of nitrogens with zero attached hydrogens (tertiary/aromatic N) is 4. The molecular formula is C12H14N4O8. The molecule has 0 amide bonds. The first-order valence-electron chi connectivity index (χ1n) is 6.82.